The fraction of sp³-hybridized carbons (Fsp3) is 0.559. The average molecular weight is 622 g/mol. The number of phenols is 1. The van der Waals surface area contributed by atoms with Crippen molar-refractivity contribution in [3.05, 3.63) is 53.1 Å². The van der Waals surface area contributed by atoms with Crippen LogP contribution in [0.3, 0.4) is 0 Å². The van der Waals surface area contributed by atoms with E-state index in [0.29, 0.717) is 31.4 Å². The molecule has 242 valence electrons. The number of aliphatic hydroxyl groups is 1. The largest absolute Gasteiger partial charge is 0.508 e. The number of hydrogen-bond donors (Lipinski definition) is 5. The number of amides is 2. The molecule has 2 aromatic rings. The van der Waals surface area contributed by atoms with Crippen LogP contribution < -0.4 is 25.8 Å². The highest BCUT2D eigenvalue weighted by Gasteiger charge is 2.77. The number of phenolic OH excluding ortho intramolecular Hbond substituents is 1. The molecule has 2 aromatic carbocycles. The summed E-state index contributed by atoms with van der Waals surface area (Å²) in [6, 6.07) is 9.34. The molecule has 7 rings (SSSR count). The minimum atomic E-state index is -1.01. The molecule has 0 radical (unpaired) electrons. The van der Waals surface area contributed by atoms with Gasteiger partial charge in [-0.2, -0.15) is 0 Å². The van der Waals surface area contributed by atoms with Gasteiger partial charge >= 0.3 is 6.09 Å². The monoisotopic (exact) mass is 621 g/mol. The summed E-state index contributed by atoms with van der Waals surface area (Å²) in [6.45, 7) is 3.84. The summed E-state index contributed by atoms with van der Waals surface area (Å²) in [5.41, 5.74) is 6.63. The fourth-order valence-corrected chi connectivity index (χ4v) is 8.07. The third kappa shape index (κ3) is 5.44. The van der Waals surface area contributed by atoms with Gasteiger partial charge in [0.25, 0.3) is 0 Å². The number of rotatable bonds is 9. The first-order chi connectivity index (χ1) is 21.4. The van der Waals surface area contributed by atoms with Crippen molar-refractivity contribution >= 4 is 17.8 Å². The normalized spacial score (nSPS) is 28.8. The fourth-order valence-electron chi connectivity index (χ4n) is 8.07. The molecule has 0 saturated heterocycles. The average Bonchev–Trinajstić information content (AvgIpc) is 3.62. The molecule has 5 aliphatic rings. The number of nitrogens with one attached hydrogen (secondary N) is 1. The summed E-state index contributed by atoms with van der Waals surface area (Å²) in [7, 11) is 3.69. The van der Waals surface area contributed by atoms with Crippen molar-refractivity contribution < 1.29 is 39.4 Å². The Morgan fingerprint density at radius 2 is 1.93 bits per heavy atom. The van der Waals surface area contributed by atoms with Crippen LogP contribution in [0.5, 0.6) is 17.2 Å². The van der Waals surface area contributed by atoms with Gasteiger partial charge < -0.3 is 41.0 Å². The molecule has 11 nitrogen and oxygen atoms in total. The lowest BCUT2D eigenvalue weighted by Crippen LogP contribution is -2.80. The minimum absolute atomic E-state index is 0.0262. The van der Waals surface area contributed by atoms with E-state index >= 15 is 0 Å². The van der Waals surface area contributed by atoms with Gasteiger partial charge in [-0.25, -0.2) is 4.79 Å². The second-order valence-electron chi connectivity index (χ2n) is 13.8. The highest BCUT2D eigenvalue weighted by Crippen LogP contribution is 2.74. The molecule has 7 N–H and O–H groups in total. The van der Waals surface area contributed by atoms with Gasteiger partial charge in [0.2, 0.25) is 5.91 Å². The van der Waals surface area contributed by atoms with E-state index in [2.05, 4.69) is 24.6 Å². The minimum Gasteiger partial charge on any atom is -0.508 e. The number of carbonyl (C=O) groups is 3. The lowest BCUT2D eigenvalue weighted by atomic mass is 9.59. The van der Waals surface area contributed by atoms with Gasteiger partial charge in [0, 0.05) is 38.0 Å². The second-order valence-corrected chi connectivity index (χ2v) is 13.8. The van der Waals surface area contributed by atoms with Crippen molar-refractivity contribution in [2.45, 2.75) is 80.4 Å². The Bertz CT molecular complexity index is 1490. The summed E-state index contributed by atoms with van der Waals surface area (Å²) in [4.78, 5) is 39.6. The van der Waals surface area contributed by atoms with Crippen LogP contribution in [0.25, 0.3) is 0 Å². The zero-order valence-electron chi connectivity index (χ0n) is 26.3. The summed E-state index contributed by atoms with van der Waals surface area (Å²) in [5.74, 6) is 1.45. The number of nitrogens with zero attached hydrogens (tertiary/aromatic N) is 1. The number of ether oxygens (including phenoxy) is 2. The molecule has 11 heteroatoms. The van der Waals surface area contributed by atoms with E-state index in [9.17, 15) is 24.6 Å². The zero-order valence-corrected chi connectivity index (χ0v) is 26.3. The Kier molecular flexibility index (Phi) is 8.07. The Morgan fingerprint density at radius 3 is 2.60 bits per heavy atom. The Labute approximate surface area is 263 Å². The Hall–Kier alpha value is -3.67. The van der Waals surface area contributed by atoms with E-state index in [-0.39, 0.29) is 48.1 Å². The molecule has 4 aliphatic carbocycles. The molecule has 0 aromatic heterocycles. The van der Waals surface area contributed by atoms with Gasteiger partial charge in [-0.3, -0.25) is 9.59 Å². The van der Waals surface area contributed by atoms with Gasteiger partial charge in [0.1, 0.15) is 5.75 Å². The molecule has 1 heterocycles. The molecular weight excluding hydrogens is 576 g/mol. The molecule has 2 amide bonds. The highest BCUT2D eigenvalue weighted by molar-refractivity contribution is 5.91. The molecule has 1 spiro atoms. The predicted octanol–water partition coefficient (Wildman–Crippen LogP) is 1.26. The molecule has 5 atom stereocenters. The van der Waals surface area contributed by atoms with E-state index in [1.807, 2.05) is 6.07 Å². The topological polar surface area (TPSA) is 168 Å². The van der Waals surface area contributed by atoms with Crippen molar-refractivity contribution in [3.8, 4) is 17.2 Å². The van der Waals surface area contributed by atoms with Gasteiger partial charge in [-0.05, 0) is 73.3 Å². The number of Topliss-reactive ketones (excluding diaryl/α,β-unsaturated/α-hetero) is 1. The summed E-state index contributed by atoms with van der Waals surface area (Å²) < 4.78 is 11.9. The first-order valence-corrected chi connectivity index (χ1v) is 16.0. The number of ketones is 1. The predicted molar refractivity (Wildman–Crippen MR) is 165 cm³/mol. The molecular formula is C34H45N4O7+. The number of likely N-dealkylation sites (N-methyl/N-ethyl adjacent to an activating group) is 1. The van der Waals surface area contributed by atoms with E-state index in [0.717, 1.165) is 22.6 Å². The quantitative estimate of drug-likeness (QED) is 0.279. The molecule has 2 bridgehead atoms. The number of quaternary nitrogens is 1. The lowest BCUT2D eigenvalue weighted by Gasteiger charge is -2.46. The van der Waals surface area contributed by atoms with Crippen LogP contribution >= 0.6 is 0 Å². The molecule has 3 unspecified atom stereocenters. The molecule has 3 saturated carbocycles. The number of benzene rings is 2. The third-order valence-electron chi connectivity index (χ3n) is 10.4. The molecule has 45 heavy (non-hydrogen) atoms. The van der Waals surface area contributed by atoms with Crippen LogP contribution in [0, 0.1) is 5.92 Å². The van der Waals surface area contributed by atoms with Crippen LogP contribution in [0.2, 0.25) is 0 Å². The Morgan fingerprint density at radius 1 is 1.20 bits per heavy atom. The summed E-state index contributed by atoms with van der Waals surface area (Å²) in [6.07, 6.45) is 3.79. The number of carbonyl (C=O) groups excluding carboxylic acids is 3. The van der Waals surface area contributed by atoms with Crippen molar-refractivity contribution in [2.24, 2.45) is 11.7 Å². The Balaban J connectivity index is 0.000000535. The molecule has 3 fully saturated rings. The number of nitrogens with two attached hydrogens (primary N) is 2. The lowest BCUT2D eigenvalue weighted by molar-refractivity contribution is -0.629. The first-order valence-electron chi connectivity index (χ1n) is 16.0. The standard InChI is InChI=1S/C29H33N3O7.C5H11N/c1-27-14-28(37)10-9-20(34)24-29(28,15-27)22-18(27)7-8-21(23(22)39-24)38-26(36)32(2)12-11-31-25(35)19(30)13-16-3-5-17(33)6-4-16;1-6-4-5-2-3-5/h3-8,19,24,33,37H,9-15,30H2,1-2H3,(H,31,35);5-6H,2-4H2,1H3/p+1/t19?,24-,27+,28?,29?;/m0./s1. The van der Waals surface area contributed by atoms with Crippen molar-refractivity contribution in [3.63, 3.8) is 0 Å². The van der Waals surface area contributed by atoms with Crippen molar-refractivity contribution in [1.82, 2.24) is 10.2 Å². The van der Waals surface area contributed by atoms with Crippen LogP contribution in [0.4, 0.5) is 4.79 Å². The van der Waals surface area contributed by atoms with E-state index < -0.39 is 29.3 Å². The smallest absolute Gasteiger partial charge is 0.415 e. The van der Waals surface area contributed by atoms with E-state index in [1.54, 1.807) is 25.2 Å². The van der Waals surface area contributed by atoms with Crippen LogP contribution in [-0.4, -0.2) is 84.4 Å². The summed E-state index contributed by atoms with van der Waals surface area (Å²) in [5, 5.41) is 26.0. The van der Waals surface area contributed by atoms with Crippen LogP contribution in [0.15, 0.2) is 36.4 Å². The number of aromatic hydroxyl groups is 1. The van der Waals surface area contributed by atoms with Gasteiger partial charge in [0.05, 0.1) is 30.7 Å². The number of hydrogen-bond acceptors (Lipinski definition) is 8. The maximum Gasteiger partial charge on any atom is 0.415 e. The second kappa shape index (κ2) is 11.6. The SMILES string of the molecule is CN(CCNC(=O)C(N)Cc1ccc(O)cc1)C(=O)Oc1ccc2c3c1O[C@H]1C(=O)CCC4(O)C[C@]2(C)CC314.C[NH2+]CC1CC1. The van der Waals surface area contributed by atoms with Crippen molar-refractivity contribution in [2.75, 3.05) is 33.7 Å². The zero-order chi connectivity index (χ0) is 32.1. The number of fused-ring (bicyclic) bond motifs is 2. The molecule has 1 aliphatic heterocycles. The van der Waals surface area contributed by atoms with E-state index in [1.165, 1.54) is 36.4 Å². The maximum absolute atomic E-state index is 12.9. The highest BCUT2D eigenvalue weighted by atomic mass is 16.6. The van der Waals surface area contributed by atoms with Crippen molar-refractivity contribution in [1.29, 1.82) is 0 Å². The maximum atomic E-state index is 12.9. The van der Waals surface area contributed by atoms with Gasteiger partial charge in [0.15, 0.2) is 23.4 Å². The first kappa shape index (κ1) is 31.3. The van der Waals surface area contributed by atoms with Gasteiger partial charge in [-0.15, -0.1) is 0 Å². The third-order valence-corrected chi connectivity index (χ3v) is 10.4. The summed E-state index contributed by atoms with van der Waals surface area (Å²) >= 11 is 0. The van der Waals surface area contributed by atoms with Crippen LogP contribution in [0.1, 0.15) is 62.1 Å². The van der Waals surface area contributed by atoms with Crippen LogP contribution in [-0.2, 0) is 26.8 Å². The van der Waals surface area contributed by atoms with Gasteiger partial charge in [-0.1, -0.05) is 25.1 Å². The van der Waals surface area contributed by atoms with E-state index in [4.69, 9.17) is 15.2 Å².